The number of nitrogens with two attached hydrogens (primary N) is 1. The molecule has 100 valence electrons. The van der Waals surface area contributed by atoms with E-state index in [1.165, 1.54) is 0 Å². The standard InChI is InChI=1S/C13H20N2O2S/c1-10(14)11-5-4-8-13(9-11)18(16,17)15-12-6-2-3-7-12/h4-5,8-10,12,15H,2-3,6-7,14H2,1H3. The topological polar surface area (TPSA) is 72.2 Å². The van der Waals surface area contributed by atoms with Crippen LogP contribution in [0.2, 0.25) is 0 Å². The molecule has 1 atom stereocenters. The number of rotatable bonds is 4. The summed E-state index contributed by atoms with van der Waals surface area (Å²) in [6.45, 7) is 1.84. The third kappa shape index (κ3) is 3.10. The highest BCUT2D eigenvalue weighted by atomic mass is 32.2. The second-order valence-corrected chi connectivity index (χ2v) is 6.68. The van der Waals surface area contributed by atoms with Crippen LogP contribution >= 0.6 is 0 Å². The molecule has 1 aliphatic rings. The SMILES string of the molecule is CC(N)c1cccc(S(=O)(=O)NC2CCCC2)c1. The molecule has 1 aromatic carbocycles. The van der Waals surface area contributed by atoms with Crippen LogP contribution in [0.5, 0.6) is 0 Å². The van der Waals surface area contributed by atoms with Gasteiger partial charge in [0.05, 0.1) is 4.90 Å². The zero-order valence-corrected chi connectivity index (χ0v) is 11.4. The molecule has 1 unspecified atom stereocenters. The van der Waals surface area contributed by atoms with Crippen LogP contribution < -0.4 is 10.5 Å². The highest BCUT2D eigenvalue weighted by Gasteiger charge is 2.23. The van der Waals surface area contributed by atoms with E-state index in [-0.39, 0.29) is 12.1 Å². The number of hydrogen-bond acceptors (Lipinski definition) is 3. The first-order valence-corrected chi connectivity index (χ1v) is 7.85. The van der Waals surface area contributed by atoms with Crippen molar-refractivity contribution < 1.29 is 8.42 Å². The molecule has 0 heterocycles. The Bertz CT molecular complexity index is 505. The zero-order valence-electron chi connectivity index (χ0n) is 10.6. The maximum absolute atomic E-state index is 12.2. The van der Waals surface area contributed by atoms with Crippen molar-refractivity contribution in [2.45, 2.75) is 49.6 Å². The molecule has 1 saturated carbocycles. The van der Waals surface area contributed by atoms with Gasteiger partial charge >= 0.3 is 0 Å². The maximum atomic E-state index is 12.2. The molecule has 18 heavy (non-hydrogen) atoms. The first-order chi connectivity index (χ1) is 8.49. The van der Waals surface area contributed by atoms with Crippen LogP contribution in [0, 0.1) is 0 Å². The lowest BCUT2D eigenvalue weighted by atomic mass is 10.1. The van der Waals surface area contributed by atoms with E-state index in [2.05, 4.69) is 4.72 Å². The zero-order chi connectivity index (χ0) is 13.2. The summed E-state index contributed by atoms with van der Waals surface area (Å²) in [4.78, 5) is 0.309. The molecule has 0 aromatic heterocycles. The normalized spacial score (nSPS) is 19.0. The summed E-state index contributed by atoms with van der Waals surface area (Å²) in [5, 5.41) is 0. The summed E-state index contributed by atoms with van der Waals surface area (Å²) in [6.07, 6.45) is 4.08. The Hall–Kier alpha value is -0.910. The maximum Gasteiger partial charge on any atom is 0.240 e. The first-order valence-electron chi connectivity index (χ1n) is 6.37. The number of nitrogens with one attached hydrogen (secondary N) is 1. The predicted octanol–water partition coefficient (Wildman–Crippen LogP) is 1.93. The second kappa shape index (κ2) is 5.38. The molecule has 4 nitrogen and oxygen atoms in total. The van der Waals surface area contributed by atoms with Crippen molar-refractivity contribution in [3.05, 3.63) is 29.8 Å². The Labute approximate surface area is 109 Å². The minimum absolute atomic E-state index is 0.0916. The summed E-state index contributed by atoms with van der Waals surface area (Å²) in [5.74, 6) is 0. The molecule has 5 heteroatoms. The smallest absolute Gasteiger partial charge is 0.240 e. The van der Waals surface area contributed by atoms with Crippen molar-refractivity contribution in [2.24, 2.45) is 5.73 Å². The minimum atomic E-state index is -3.41. The Morgan fingerprint density at radius 3 is 2.61 bits per heavy atom. The summed E-state index contributed by atoms with van der Waals surface area (Å²) in [5.41, 5.74) is 6.61. The molecule has 1 aromatic rings. The van der Waals surface area contributed by atoms with Gasteiger partial charge in [0.2, 0.25) is 10.0 Å². The molecule has 0 spiro atoms. The van der Waals surface area contributed by atoms with Gasteiger partial charge in [-0.3, -0.25) is 0 Å². The first kappa shape index (κ1) is 13.5. The van der Waals surface area contributed by atoms with Crippen LogP contribution in [-0.4, -0.2) is 14.5 Å². The van der Waals surface area contributed by atoms with Crippen molar-refractivity contribution in [2.75, 3.05) is 0 Å². The molecule has 3 N–H and O–H groups in total. The van der Waals surface area contributed by atoms with Gasteiger partial charge in [-0.15, -0.1) is 0 Å². The van der Waals surface area contributed by atoms with E-state index >= 15 is 0 Å². The number of hydrogen-bond donors (Lipinski definition) is 2. The van der Waals surface area contributed by atoms with E-state index in [9.17, 15) is 8.42 Å². The van der Waals surface area contributed by atoms with E-state index in [0.717, 1.165) is 31.2 Å². The lowest BCUT2D eigenvalue weighted by Gasteiger charge is -2.14. The summed E-state index contributed by atoms with van der Waals surface area (Å²) >= 11 is 0. The van der Waals surface area contributed by atoms with E-state index in [0.29, 0.717) is 4.90 Å². The van der Waals surface area contributed by atoms with Gasteiger partial charge in [-0.2, -0.15) is 0 Å². The fraction of sp³-hybridized carbons (Fsp3) is 0.538. The molecule has 0 radical (unpaired) electrons. The lowest BCUT2D eigenvalue weighted by Crippen LogP contribution is -2.32. The molecule has 1 aliphatic carbocycles. The largest absolute Gasteiger partial charge is 0.324 e. The quantitative estimate of drug-likeness (QED) is 0.876. The van der Waals surface area contributed by atoms with Gasteiger partial charge in [-0.25, -0.2) is 13.1 Å². The van der Waals surface area contributed by atoms with Crippen molar-refractivity contribution in [3.63, 3.8) is 0 Å². The molecular weight excluding hydrogens is 248 g/mol. The average molecular weight is 268 g/mol. The minimum Gasteiger partial charge on any atom is -0.324 e. The van der Waals surface area contributed by atoms with E-state index < -0.39 is 10.0 Å². The third-order valence-corrected chi connectivity index (χ3v) is 4.89. The van der Waals surface area contributed by atoms with Gasteiger partial charge in [0.25, 0.3) is 0 Å². The van der Waals surface area contributed by atoms with Gasteiger partial charge < -0.3 is 5.73 Å². The van der Waals surface area contributed by atoms with Crippen LogP contribution in [-0.2, 0) is 10.0 Å². The average Bonchev–Trinajstić information content (AvgIpc) is 2.81. The molecule has 0 saturated heterocycles. The molecule has 0 bridgehead atoms. The van der Waals surface area contributed by atoms with Crippen LogP contribution in [0.15, 0.2) is 29.2 Å². The Balaban J connectivity index is 2.20. The van der Waals surface area contributed by atoms with Gasteiger partial charge in [-0.1, -0.05) is 25.0 Å². The van der Waals surface area contributed by atoms with Crippen molar-refractivity contribution in [3.8, 4) is 0 Å². The molecule has 0 amide bonds. The molecule has 1 fully saturated rings. The van der Waals surface area contributed by atoms with Gasteiger partial charge in [0.1, 0.15) is 0 Å². The number of benzene rings is 1. The van der Waals surface area contributed by atoms with Crippen LogP contribution in [0.3, 0.4) is 0 Å². The summed E-state index contributed by atoms with van der Waals surface area (Å²) in [7, 11) is -3.41. The van der Waals surface area contributed by atoms with Crippen molar-refractivity contribution in [1.82, 2.24) is 4.72 Å². The summed E-state index contributed by atoms with van der Waals surface area (Å²) < 4.78 is 27.2. The lowest BCUT2D eigenvalue weighted by molar-refractivity contribution is 0.552. The summed E-state index contributed by atoms with van der Waals surface area (Å²) in [6, 6.07) is 6.78. The third-order valence-electron chi connectivity index (χ3n) is 3.37. The molecule has 0 aliphatic heterocycles. The highest BCUT2D eigenvalue weighted by molar-refractivity contribution is 7.89. The van der Waals surface area contributed by atoms with Crippen LogP contribution in [0.1, 0.15) is 44.2 Å². The van der Waals surface area contributed by atoms with Crippen LogP contribution in [0.4, 0.5) is 0 Å². The fourth-order valence-electron chi connectivity index (χ4n) is 2.30. The molecule has 2 rings (SSSR count). The van der Waals surface area contributed by atoms with Gasteiger partial charge in [0.15, 0.2) is 0 Å². The Kier molecular flexibility index (Phi) is 4.04. The van der Waals surface area contributed by atoms with Crippen molar-refractivity contribution in [1.29, 1.82) is 0 Å². The monoisotopic (exact) mass is 268 g/mol. The van der Waals surface area contributed by atoms with Gasteiger partial charge in [0, 0.05) is 12.1 Å². The van der Waals surface area contributed by atoms with Crippen molar-refractivity contribution >= 4 is 10.0 Å². The Morgan fingerprint density at radius 2 is 2.00 bits per heavy atom. The fourth-order valence-corrected chi connectivity index (χ4v) is 3.66. The number of sulfonamides is 1. The van der Waals surface area contributed by atoms with E-state index in [1.54, 1.807) is 18.2 Å². The van der Waals surface area contributed by atoms with E-state index in [4.69, 9.17) is 5.73 Å². The highest BCUT2D eigenvalue weighted by Crippen LogP contribution is 2.21. The van der Waals surface area contributed by atoms with E-state index in [1.807, 2.05) is 13.0 Å². The predicted molar refractivity (Wildman–Crippen MR) is 71.6 cm³/mol. The van der Waals surface area contributed by atoms with Crippen LogP contribution in [0.25, 0.3) is 0 Å². The molecular formula is C13H20N2O2S. The second-order valence-electron chi connectivity index (χ2n) is 4.96. The Morgan fingerprint density at radius 1 is 1.33 bits per heavy atom. The van der Waals surface area contributed by atoms with Gasteiger partial charge in [-0.05, 0) is 37.5 Å².